The van der Waals surface area contributed by atoms with Crippen LogP contribution in [0.3, 0.4) is 0 Å². The summed E-state index contributed by atoms with van der Waals surface area (Å²) >= 11 is 1.33. The molecule has 1 aromatic heterocycles. The van der Waals surface area contributed by atoms with Crippen LogP contribution in [0.1, 0.15) is 12.1 Å². The zero-order valence-corrected chi connectivity index (χ0v) is 18.3. The molecule has 0 aliphatic carbocycles. The van der Waals surface area contributed by atoms with Crippen LogP contribution in [0.2, 0.25) is 0 Å². The van der Waals surface area contributed by atoms with Gasteiger partial charge in [0.2, 0.25) is 5.91 Å². The van der Waals surface area contributed by atoms with Crippen molar-refractivity contribution in [3.05, 3.63) is 71.5 Å². The Hall–Kier alpha value is -3.46. The summed E-state index contributed by atoms with van der Waals surface area (Å²) in [5.74, 6) is -0.159. The number of aryl methyl sites for hydroxylation is 1. The molecule has 7 nitrogen and oxygen atoms in total. The largest absolute Gasteiger partial charge is 0.368 e. The van der Waals surface area contributed by atoms with Gasteiger partial charge in [0.25, 0.3) is 0 Å². The molecule has 166 valence electrons. The lowest BCUT2D eigenvalue weighted by Crippen LogP contribution is -2.48. The van der Waals surface area contributed by atoms with E-state index < -0.39 is 0 Å². The highest BCUT2D eigenvalue weighted by Crippen LogP contribution is 2.19. The number of nitrogens with zero attached hydrogens (tertiary/aromatic N) is 3. The van der Waals surface area contributed by atoms with Crippen molar-refractivity contribution < 1.29 is 14.0 Å². The van der Waals surface area contributed by atoms with Crippen LogP contribution in [-0.4, -0.2) is 48.0 Å². The number of para-hydroxylation sites is 1. The van der Waals surface area contributed by atoms with Crippen LogP contribution in [0.25, 0.3) is 0 Å². The highest BCUT2D eigenvalue weighted by Gasteiger charge is 2.21. The molecule has 0 bridgehead atoms. The van der Waals surface area contributed by atoms with E-state index >= 15 is 0 Å². The number of halogens is 1. The van der Waals surface area contributed by atoms with Crippen molar-refractivity contribution in [2.45, 2.75) is 12.8 Å². The number of benzene rings is 2. The third-order valence-corrected chi connectivity index (χ3v) is 6.03. The molecule has 3 aromatic rings. The molecule has 9 heteroatoms. The number of aromatic nitrogens is 1. The molecule has 0 atom stereocenters. The third-order valence-electron chi connectivity index (χ3n) is 5.22. The fraction of sp³-hybridized carbons (Fsp3) is 0.261. The number of carbonyl (C=O) groups is 2. The van der Waals surface area contributed by atoms with Gasteiger partial charge in [-0.3, -0.25) is 10.1 Å². The lowest BCUT2D eigenvalue weighted by atomic mass is 10.2. The normalized spacial score (nSPS) is 13.7. The van der Waals surface area contributed by atoms with E-state index in [4.69, 9.17) is 0 Å². The summed E-state index contributed by atoms with van der Waals surface area (Å²) in [7, 11) is 0. The fourth-order valence-corrected chi connectivity index (χ4v) is 4.26. The van der Waals surface area contributed by atoms with E-state index in [-0.39, 0.29) is 17.8 Å². The first-order valence-corrected chi connectivity index (χ1v) is 11.3. The molecular weight excluding hydrogens is 429 g/mol. The van der Waals surface area contributed by atoms with E-state index in [1.165, 1.54) is 23.5 Å². The van der Waals surface area contributed by atoms with Crippen molar-refractivity contribution in [3.8, 4) is 0 Å². The van der Waals surface area contributed by atoms with Crippen LogP contribution >= 0.6 is 11.3 Å². The lowest BCUT2D eigenvalue weighted by Gasteiger charge is -2.36. The summed E-state index contributed by atoms with van der Waals surface area (Å²) in [5.41, 5.74) is 2.45. The number of piperazine rings is 1. The summed E-state index contributed by atoms with van der Waals surface area (Å²) in [5, 5.41) is 7.82. The Morgan fingerprint density at radius 1 is 0.969 bits per heavy atom. The minimum atomic E-state index is -0.354. The maximum absolute atomic E-state index is 13.1. The van der Waals surface area contributed by atoms with Crippen molar-refractivity contribution in [2.24, 2.45) is 0 Å². The number of anilines is 3. The second-order valence-electron chi connectivity index (χ2n) is 7.43. The molecule has 1 fully saturated rings. The smallest absolute Gasteiger partial charge is 0.325 e. The minimum absolute atomic E-state index is 0.0908. The van der Waals surface area contributed by atoms with Crippen LogP contribution in [0, 0.1) is 5.82 Å². The number of nitrogens with one attached hydrogen (secondary N) is 2. The van der Waals surface area contributed by atoms with Gasteiger partial charge in [0.1, 0.15) is 5.82 Å². The van der Waals surface area contributed by atoms with Crippen molar-refractivity contribution in [2.75, 3.05) is 41.7 Å². The molecule has 1 saturated heterocycles. The molecule has 2 N–H and O–H groups in total. The Bertz CT molecular complexity index is 1050. The summed E-state index contributed by atoms with van der Waals surface area (Å²) in [6.45, 7) is 2.72. The van der Waals surface area contributed by atoms with Gasteiger partial charge in [0.15, 0.2) is 5.13 Å². The third kappa shape index (κ3) is 5.82. The molecule has 0 radical (unpaired) electrons. The Kier molecular flexibility index (Phi) is 6.96. The van der Waals surface area contributed by atoms with Gasteiger partial charge in [0, 0.05) is 49.4 Å². The van der Waals surface area contributed by atoms with Gasteiger partial charge in [-0.15, -0.1) is 11.3 Å². The number of thiazole rings is 1. The van der Waals surface area contributed by atoms with E-state index in [0.717, 1.165) is 24.5 Å². The van der Waals surface area contributed by atoms with E-state index in [9.17, 15) is 14.0 Å². The van der Waals surface area contributed by atoms with Crippen LogP contribution in [0.5, 0.6) is 0 Å². The number of carbonyl (C=O) groups excluding carboxylic acids is 2. The number of urea groups is 1. The summed E-state index contributed by atoms with van der Waals surface area (Å²) in [4.78, 5) is 33.1. The van der Waals surface area contributed by atoms with Gasteiger partial charge < -0.3 is 15.1 Å². The second kappa shape index (κ2) is 10.2. The van der Waals surface area contributed by atoms with Gasteiger partial charge in [-0.25, -0.2) is 14.2 Å². The quantitative estimate of drug-likeness (QED) is 0.586. The average Bonchev–Trinajstić information content (AvgIpc) is 3.26. The Labute approximate surface area is 189 Å². The van der Waals surface area contributed by atoms with Crippen molar-refractivity contribution in [3.63, 3.8) is 0 Å². The maximum atomic E-state index is 13.1. The first kappa shape index (κ1) is 21.8. The van der Waals surface area contributed by atoms with Gasteiger partial charge in [-0.1, -0.05) is 18.2 Å². The first-order valence-electron chi connectivity index (χ1n) is 10.4. The number of hydrogen-bond acceptors (Lipinski definition) is 5. The fourth-order valence-electron chi connectivity index (χ4n) is 3.52. The monoisotopic (exact) mass is 453 g/mol. The van der Waals surface area contributed by atoms with Crippen LogP contribution in [-0.2, 0) is 11.2 Å². The van der Waals surface area contributed by atoms with Crippen LogP contribution in [0.15, 0.2) is 60.0 Å². The van der Waals surface area contributed by atoms with E-state index in [1.54, 1.807) is 24.3 Å². The van der Waals surface area contributed by atoms with Crippen molar-refractivity contribution in [1.29, 1.82) is 0 Å². The van der Waals surface area contributed by atoms with Crippen molar-refractivity contribution in [1.82, 2.24) is 9.88 Å². The predicted molar refractivity (Wildman–Crippen MR) is 125 cm³/mol. The highest BCUT2D eigenvalue weighted by atomic mass is 32.1. The summed E-state index contributed by atoms with van der Waals surface area (Å²) in [6.07, 6.45) is 0.894. The zero-order chi connectivity index (χ0) is 22.3. The Morgan fingerprint density at radius 3 is 2.41 bits per heavy atom. The second-order valence-corrected chi connectivity index (χ2v) is 8.29. The zero-order valence-electron chi connectivity index (χ0n) is 17.5. The standard InChI is InChI=1S/C23H24FN5O2S/c24-17-6-9-20(10-7-17)28-12-14-29(15-13-28)21(30)11-8-19-16-32-23(26-19)27-22(31)25-18-4-2-1-3-5-18/h1-7,9-10,16H,8,11-15H2,(H2,25,26,27,31). The molecule has 1 aliphatic rings. The van der Waals surface area contributed by atoms with Crippen molar-refractivity contribution >= 4 is 39.8 Å². The first-order chi connectivity index (χ1) is 15.6. The molecular formula is C23H24FN5O2S. The van der Waals surface area contributed by atoms with Gasteiger partial charge in [-0.05, 0) is 42.8 Å². The molecule has 1 aliphatic heterocycles. The van der Waals surface area contributed by atoms with E-state index in [0.29, 0.717) is 36.8 Å². The molecule has 2 heterocycles. The predicted octanol–water partition coefficient (Wildman–Crippen LogP) is 4.21. The van der Waals surface area contributed by atoms with Crippen LogP contribution < -0.4 is 15.5 Å². The molecule has 0 spiro atoms. The van der Waals surface area contributed by atoms with E-state index in [2.05, 4.69) is 20.5 Å². The van der Waals surface area contributed by atoms with Gasteiger partial charge in [-0.2, -0.15) is 0 Å². The maximum Gasteiger partial charge on any atom is 0.325 e. The molecule has 32 heavy (non-hydrogen) atoms. The molecule has 4 rings (SSSR count). The number of hydrogen-bond donors (Lipinski definition) is 2. The Morgan fingerprint density at radius 2 is 1.69 bits per heavy atom. The molecule has 3 amide bonds. The number of rotatable bonds is 6. The Balaban J connectivity index is 1.20. The van der Waals surface area contributed by atoms with Gasteiger partial charge in [0.05, 0.1) is 5.69 Å². The summed E-state index contributed by atoms with van der Waals surface area (Å²) < 4.78 is 13.1. The average molecular weight is 454 g/mol. The van der Waals surface area contributed by atoms with Gasteiger partial charge >= 0.3 is 6.03 Å². The minimum Gasteiger partial charge on any atom is -0.368 e. The molecule has 2 aromatic carbocycles. The molecule has 0 unspecified atom stereocenters. The lowest BCUT2D eigenvalue weighted by molar-refractivity contribution is -0.131. The van der Waals surface area contributed by atoms with Crippen LogP contribution in [0.4, 0.5) is 25.7 Å². The summed E-state index contributed by atoms with van der Waals surface area (Å²) in [6, 6.07) is 15.3. The highest BCUT2D eigenvalue weighted by molar-refractivity contribution is 7.13. The van der Waals surface area contributed by atoms with E-state index in [1.807, 2.05) is 28.5 Å². The number of amides is 3. The SMILES string of the molecule is O=C(Nc1ccccc1)Nc1nc(CCC(=O)N2CCN(c3ccc(F)cc3)CC2)cs1. The molecule has 0 saturated carbocycles. The topological polar surface area (TPSA) is 77.6 Å².